The number of hydrogen-bond donors (Lipinski definition) is 2. The molecule has 0 amide bonds. The first-order chi connectivity index (χ1) is 11.7. The summed E-state index contributed by atoms with van der Waals surface area (Å²) in [6, 6.07) is 18.4. The summed E-state index contributed by atoms with van der Waals surface area (Å²) in [5.41, 5.74) is 1.68. The Morgan fingerprint density at radius 1 is 1.04 bits per heavy atom. The minimum absolute atomic E-state index is 0.0708. The Kier molecular flexibility index (Phi) is 5.28. The molecule has 1 fully saturated rings. The summed E-state index contributed by atoms with van der Waals surface area (Å²) < 4.78 is 0. The first-order valence-corrected chi connectivity index (χ1v) is 8.43. The van der Waals surface area contributed by atoms with Crippen molar-refractivity contribution in [2.45, 2.75) is 37.5 Å². The normalized spacial score (nSPS) is 20.6. The number of carboxylic acids is 1. The number of aliphatic hydroxyl groups excluding tert-OH is 1. The molecule has 1 saturated heterocycles. The van der Waals surface area contributed by atoms with Crippen LogP contribution in [0.4, 0.5) is 0 Å². The van der Waals surface area contributed by atoms with Crippen molar-refractivity contribution in [2.24, 2.45) is 0 Å². The predicted octanol–water partition coefficient (Wildman–Crippen LogP) is 3.40. The molecule has 4 heteroatoms. The fourth-order valence-electron chi connectivity index (χ4n) is 3.63. The van der Waals surface area contributed by atoms with Crippen molar-refractivity contribution in [1.29, 1.82) is 0 Å². The largest absolute Gasteiger partial charge is 0.480 e. The molecule has 2 aromatic carbocycles. The maximum atomic E-state index is 11.9. The van der Waals surface area contributed by atoms with E-state index < -0.39 is 18.1 Å². The van der Waals surface area contributed by atoms with E-state index in [2.05, 4.69) is 0 Å². The third-order valence-corrected chi connectivity index (χ3v) is 4.78. The van der Waals surface area contributed by atoms with Gasteiger partial charge in [-0.25, -0.2) is 0 Å². The fraction of sp³-hybridized carbons (Fsp3) is 0.350. The second-order valence-electron chi connectivity index (χ2n) is 6.35. The van der Waals surface area contributed by atoms with Crippen LogP contribution < -0.4 is 0 Å². The second-order valence-corrected chi connectivity index (χ2v) is 6.35. The molecule has 0 aromatic heterocycles. The van der Waals surface area contributed by atoms with E-state index in [4.69, 9.17) is 0 Å². The molecule has 0 bridgehead atoms. The van der Waals surface area contributed by atoms with Crippen molar-refractivity contribution in [2.75, 3.05) is 6.54 Å². The highest BCUT2D eigenvalue weighted by molar-refractivity contribution is 5.75. The third-order valence-electron chi connectivity index (χ3n) is 4.78. The highest BCUT2D eigenvalue weighted by atomic mass is 16.4. The molecule has 0 radical (unpaired) electrons. The Hall–Kier alpha value is -2.17. The lowest BCUT2D eigenvalue weighted by atomic mass is 9.98. The van der Waals surface area contributed by atoms with E-state index in [0.717, 1.165) is 30.5 Å². The zero-order chi connectivity index (χ0) is 16.9. The van der Waals surface area contributed by atoms with Gasteiger partial charge in [-0.2, -0.15) is 0 Å². The van der Waals surface area contributed by atoms with Crippen LogP contribution in [0.15, 0.2) is 60.7 Å². The van der Waals surface area contributed by atoms with Crippen LogP contribution in [0, 0.1) is 0 Å². The Labute approximate surface area is 142 Å². The lowest BCUT2D eigenvalue weighted by Crippen LogP contribution is -2.38. The summed E-state index contributed by atoms with van der Waals surface area (Å²) in [5.74, 6) is -0.831. The zero-order valence-corrected chi connectivity index (χ0v) is 13.6. The number of carboxylic acid groups (broad SMARTS) is 1. The highest BCUT2D eigenvalue weighted by Gasteiger charge is 2.36. The first-order valence-electron chi connectivity index (χ1n) is 8.43. The number of likely N-dealkylation sites (tertiary alicyclic amines) is 1. The molecule has 1 aliphatic rings. The van der Waals surface area contributed by atoms with Crippen LogP contribution in [0.3, 0.4) is 0 Å². The van der Waals surface area contributed by atoms with Gasteiger partial charge < -0.3 is 10.2 Å². The molecule has 2 aromatic rings. The Morgan fingerprint density at radius 2 is 1.62 bits per heavy atom. The van der Waals surface area contributed by atoms with Crippen molar-refractivity contribution in [1.82, 2.24) is 4.90 Å². The summed E-state index contributed by atoms with van der Waals surface area (Å²) in [7, 11) is 0. The molecule has 0 saturated carbocycles. The predicted molar refractivity (Wildman–Crippen MR) is 92.6 cm³/mol. The first kappa shape index (κ1) is 16.7. The summed E-state index contributed by atoms with van der Waals surface area (Å²) in [4.78, 5) is 13.9. The maximum absolute atomic E-state index is 11.9. The molecule has 3 atom stereocenters. The summed E-state index contributed by atoms with van der Waals surface area (Å²) >= 11 is 0. The smallest absolute Gasteiger partial charge is 0.325 e. The molecule has 1 heterocycles. The zero-order valence-electron chi connectivity index (χ0n) is 13.6. The van der Waals surface area contributed by atoms with E-state index in [1.807, 2.05) is 65.6 Å². The number of aliphatic carboxylic acids is 1. The van der Waals surface area contributed by atoms with E-state index in [0.29, 0.717) is 6.42 Å². The number of aliphatic hydroxyl groups is 1. The van der Waals surface area contributed by atoms with Gasteiger partial charge in [-0.05, 0) is 36.9 Å². The molecule has 3 unspecified atom stereocenters. The Bertz CT molecular complexity index is 659. The third kappa shape index (κ3) is 3.66. The molecule has 0 spiro atoms. The molecular formula is C20H23NO3. The molecule has 4 nitrogen and oxygen atoms in total. The second kappa shape index (κ2) is 7.60. The van der Waals surface area contributed by atoms with Gasteiger partial charge >= 0.3 is 5.97 Å². The minimum atomic E-state index is -0.831. The van der Waals surface area contributed by atoms with Gasteiger partial charge in [0.15, 0.2) is 0 Å². The van der Waals surface area contributed by atoms with Crippen LogP contribution in [0.1, 0.15) is 42.5 Å². The van der Waals surface area contributed by atoms with Gasteiger partial charge in [0.05, 0.1) is 6.10 Å². The van der Waals surface area contributed by atoms with Crippen LogP contribution in [0.5, 0.6) is 0 Å². The number of hydrogen-bond acceptors (Lipinski definition) is 3. The van der Waals surface area contributed by atoms with Crippen LogP contribution in [-0.4, -0.2) is 33.7 Å². The van der Waals surface area contributed by atoms with Crippen molar-refractivity contribution >= 4 is 5.97 Å². The maximum Gasteiger partial charge on any atom is 0.325 e. The van der Waals surface area contributed by atoms with Crippen LogP contribution in [-0.2, 0) is 4.79 Å². The van der Waals surface area contributed by atoms with Gasteiger partial charge in [0.1, 0.15) is 6.04 Å². The molecular weight excluding hydrogens is 302 g/mol. The number of benzene rings is 2. The Balaban J connectivity index is 1.77. The fourth-order valence-corrected chi connectivity index (χ4v) is 3.63. The number of nitrogens with zero attached hydrogens (tertiary/aromatic N) is 1. The lowest BCUT2D eigenvalue weighted by molar-refractivity contribution is -0.144. The quantitative estimate of drug-likeness (QED) is 0.854. The number of rotatable bonds is 6. The standard InChI is InChI=1S/C20H23NO3/c22-18(15-8-3-1-4-9-15)14-17-12-7-13-21(17)19(20(23)24)16-10-5-2-6-11-16/h1-6,8-11,17-19,22H,7,12-14H2,(H,23,24). The van der Waals surface area contributed by atoms with Gasteiger partial charge in [0, 0.05) is 6.04 Å². The molecule has 2 N–H and O–H groups in total. The average molecular weight is 325 g/mol. The van der Waals surface area contributed by atoms with Gasteiger partial charge in [-0.1, -0.05) is 60.7 Å². The molecule has 1 aliphatic heterocycles. The van der Waals surface area contributed by atoms with E-state index in [-0.39, 0.29) is 6.04 Å². The van der Waals surface area contributed by atoms with E-state index in [1.54, 1.807) is 0 Å². The molecule has 126 valence electrons. The van der Waals surface area contributed by atoms with Crippen LogP contribution in [0.2, 0.25) is 0 Å². The topological polar surface area (TPSA) is 60.8 Å². The van der Waals surface area contributed by atoms with Crippen molar-refractivity contribution in [3.05, 3.63) is 71.8 Å². The monoisotopic (exact) mass is 325 g/mol. The van der Waals surface area contributed by atoms with Crippen molar-refractivity contribution in [3.8, 4) is 0 Å². The Morgan fingerprint density at radius 3 is 2.21 bits per heavy atom. The van der Waals surface area contributed by atoms with Crippen molar-refractivity contribution in [3.63, 3.8) is 0 Å². The van der Waals surface area contributed by atoms with Gasteiger partial charge in [-0.3, -0.25) is 9.69 Å². The SMILES string of the molecule is O=C(O)C(c1ccccc1)N1CCCC1CC(O)c1ccccc1. The highest BCUT2D eigenvalue weighted by Crippen LogP contribution is 2.34. The van der Waals surface area contributed by atoms with E-state index >= 15 is 0 Å². The lowest BCUT2D eigenvalue weighted by Gasteiger charge is -2.32. The number of carbonyl (C=O) groups is 1. The van der Waals surface area contributed by atoms with E-state index in [1.165, 1.54) is 0 Å². The molecule has 0 aliphatic carbocycles. The molecule has 3 rings (SSSR count). The summed E-state index contributed by atoms with van der Waals surface area (Å²) in [5, 5.41) is 20.3. The van der Waals surface area contributed by atoms with Gasteiger partial charge in [0.25, 0.3) is 0 Å². The van der Waals surface area contributed by atoms with Gasteiger partial charge in [0.2, 0.25) is 0 Å². The summed E-state index contributed by atoms with van der Waals surface area (Å²) in [6.45, 7) is 0.748. The van der Waals surface area contributed by atoms with E-state index in [9.17, 15) is 15.0 Å². The van der Waals surface area contributed by atoms with Crippen LogP contribution in [0.25, 0.3) is 0 Å². The van der Waals surface area contributed by atoms with Gasteiger partial charge in [-0.15, -0.1) is 0 Å². The minimum Gasteiger partial charge on any atom is -0.480 e. The molecule has 24 heavy (non-hydrogen) atoms. The summed E-state index contributed by atoms with van der Waals surface area (Å²) in [6.07, 6.45) is 1.87. The van der Waals surface area contributed by atoms with Crippen LogP contribution >= 0.6 is 0 Å². The van der Waals surface area contributed by atoms with Crippen molar-refractivity contribution < 1.29 is 15.0 Å². The average Bonchev–Trinajstić information content (AvgIpc) is 3.04.